The van der Waals surface area contributed by atoms with E-state index >= 15 is 0 Å². The zero-order valence-electron chi connectivity index (χ0n) is 13.0. The predicted octanol–water partition coefficient (Wildman–Crippen LogP) is 3.12. The van der Waals surface area contributed by atoms with Crippen LogP contribution in [0.15, 0.2) is 55.1 Å². The zero-order valence-corrected chi connectivity index (χ0v) is 13.0. The molecule has 6 nitrogen and oxygen atoms in total. The Bertz CT molecular complexity index is 866. The fourth-order valence-electron chi connectivity index (χ4n) is 2.19. The summed E-state index contributed by atoms with van der Waals surface area (Å²) in [7, 11) is 0. The number of carbonyl (C=O) groups is 1. The van der Waals surface area contributed by atoms with Gasteiger partial charge in [-0.05, 0) is 36.8 Å². The van der Waals surface area contributed by atoms with Crippen LogP contribution in [0.5, 0.6) is 5.75 Å². The van der Waals surface area contributed by atoms with Gasteiger partial charge in [0.05, 0.1) is 5.56 Å². The molecule has 2 aromatic heterocycles. The van der Waals surface area contributed by atoms with E-state index in [2.05, 4.69) is 15.0 Å². The lowest BCUT2D eigenvalue weighted by atomic mass is 10.1. The Labute approximate surface area is 138 Å². The molecule has 0 fully saturated rings. The van der Waals surface area contributed by atoms with Crippen molar-refractivity contribution in [1.82, 2.24) is 15.0 Å². The van der Waals surface area contributed by atoms with Gasteiger partial charge < -0.3 is 9.84 Å². The van der Waals surface area contributed by atoms with Gasteiger partial charge in [0, 0.05) is 35.9 Å². The van der Waals surface area contributed by atoms with E-state index in [9.17, 15) is 4.79 Å². The van der Waals surface area contributed by atoms with Gasteiger partial charge in [0.2, 0.25) is 0 Å². The summed E-state index contributed by atoms with van der Waals surface area (Å²) in [6.07, 6.45) is 6.73. The molecule has 0 radical (unpaired) electrons. The highest BCUT2D eigenvalue weighted by Crippen LogP contribution is 2.22. The quantitative estimate of drug-likeness (QED) is 0.777. The summed E-state index contributed by atoms with van der Waals surface area (Å²) in [6, 6.07) is 8.46. The average Bonchev–Trinajstić information content (AvgIpc) is 2.62. The molecule has 0 aliphatic heterocycles. The number of carboxylic acids is 1. The van der Waals surface area contributed by atoms with Crippen molar-refractivity contribution < 1.29 is 14.6 Å². The number of aromatic carboxylic acids is 1. The highest BCUT2D eigenvalue weighted by molar-refractivity contribution is 5.88. The number of aromatic nitrogens is 3. The van der Waals surface area contributed by atoms with Gasteiger partial charge in [0.25, 0.3) is 0 Å². The molecular formula is C18H15N3O3. The van der Waals surface area contributed by atoms with Crippen LogP contribution >= 0.6 is 0 Å². The van der Waals surface area contributed by atoms with Crippen LogP contribution < -0.4 is 4.74 Å². The number of benzene rings is 1. The van der Waals surface area contributed by atoms with Gasteiger partial charge in [-0.25, -0.2) is 14.8 Å². The van der Waals surface area contributed by atoms with Crippen LogP contribution in [0.1, 0.15) is 21.5 Å². The Morgan fingerprint density at radius 2 is 1.96 bits per heavy atom. The van der Waals surface area contributed by atoms with Gasteiger partial charge in [0.1, 0.15) is 12.4 Å². The van der Waals surface area contributed by atoms with Gasteiger partial charge >= 0.3 is 5.97 Å². The van der Waals surface area contributed by atoms with Crippen LogP contribution in [0.4, 0.5) is 0 Å². The largest absolute Gasteiger partial charge is 0.489 e. The molecule has 0 bridgehead atoms. The van der Waals surface area contributed by atoms with Crippen molar-refractivity contribution in [2.45, 2.75) is 13.5 Å². The molecule has 24 heavy (non-hydrogen) atoms. The molecule has 0 saturated heterocycles. The van der Waals surface area contributed by atoms with Crippen molar-refractivity contribution in [1.29, 1.82) is 0 Å². The van der Waals surface area contributed by atoms with Crippen LogP contribution in [-0.4, -0.2) is 26.0 Å². The normalized spacial score (nSPS) is 10.4. The summed E-state index contributed by atoms with van der Waals surface area (Å²) >= 11 is 0. The molecule has 1 aromatic carbocycles. The molecular weight excluding hydrogens is 306 g/mol. The molecule has 3 aromatic rings. The van der Waals surface area contributed by atoms with Crippen molar-refractivity contribution in [2.75, 3.05) is 0 Å². The summed E-state index contributed by atoms with van der Waals surface area (Å²) in [5.41, 5.74) is 2.71. The molecule has 0 amide bonds. The third-order valence-electron chi connectivity index (χ3n) is 3.45. The molecule has 120 valence electrons. The molecule has 0 aliphatic rings. The number of hydrogen-bond acceptors (Lipinski definition) is 5. The van der Waals surface area contributed by atoms with Crippen molar-refractivity contribution in [3.8, 4) is 17.1 Å². The maximum absolute atomic E-state index is 11.1. The van der Waals surface area contributed by atoms with Crippen LogP contribution in [0.2, 0.25) is 0 Å². The number of carboxylic acid groups (broad SMARTS) is 1. The van der Waals surface area contributed by atoms with Gasteiger partial charge in [-0.1, -0.05) is 6.07 Å². The van der Waals surface area contributed by atoms with Crippen molar-refractivity contribution >= 4 is 5.97 Å². The van der Waals surface area contributed by atoms with Crippen molar-refractivity contribution in [3.63, 3.8) is 0 Å². The number of aryl methyl sites for hydroxylation is 1. The van der Waals surface area contributed by atoms with Gasteiger partial charge in [-0.3, -0.25) is 4.98 Å². The summed E-state index contributed by atoms with van der Waals surface area (Å²) in [5, 5.41) is 9.07. The van der Waals surface area contributed by atoms with Crippen LogP contribution in [0.3, 0.4) is 0 Å². The highest BCUT2D eigenvalue weighted by atomic mass is 16.5. The van der Waals surface area contributed by atoms with Crippen molar-refractivity contribution in [3.05, 3.63) is 71.8 Å². The second kappa shape index (κ2) is 6.87. The smallest absolute Gasteiger partial charge is 0.335 e. The topological polar surface area (TPSA) is 85.2 Å². The fourth-order valence-corrected chi connectivity index (χ4v) is 2.19. The third-order valence-corrected chi connectivity index (χ3v) is 3.45. The van der Waals surface area contributed by atoms with E-state index in [0.717, 1.165) is 16.7 Å². The standard InChI is InChI=1S/C18H15N3O3/c1-12-3-4-14(18(22)23)8-16(12)24-11-13-7-15(10-19-9-13)17-20-5-2-6-21-17/h2-10H,11H2,1H3,(H,22,23). The van der Waals surface area contributed by atoms with Crippen LogP contribution in [0.25, 0.3) is 11.4 Å². The summed E-state index contributed by atoms with van der Waals surface area (Å²) in [5.74, 6) is 0.150. The van der Waals surface area contributed by atoms with Gasteiger partial charge in [-0.15, -0.1) is 0 Å². The Kier molecular flexibility index (Phi) is 4.47. The van der Waals surface area contributed by atoms with Crippen molar-refractivity contribution in [2.24, 2.45) is 0 Å². The molecule has 1 N–H and O–H groups in total. The number of hydrogen-bond donors (Lipinski definition) is 1. The van der Waals surface area contributed by atoms with Crippen LogP contribution in [0, 0.1) is 6.92 Å². The molecule has 6 heteroatoms. The number of rotatable bonds is 5. The summed E-state index contributed by atoms with van der Waals surface area (Å²) in [6.45, 7) is 2.14. The average molecular weight is 321 g/mol. The maximum Gasteiger partial charge on any atom is 0.335 e. The first kappa shape index (κ1) is 15.6. The summed E-state index contributed by atoms with van der Waals surface area (Å²) < 4.78 is 5.76. The first-order chi connectivity index (χ1) is 11.6. The maximum atomic E-state index is 11.1. The lowest BCUT2D eigenvalue weighted by molar-refractivity contribution is 0.0696. The minimum atomic E-state index is -0.982. The first-order valence-electron chi connectivity index (χ1n) is 7.31. The fraction of sp³-hybridized carbons (Fsp3) is 0.111. The molecule has 0 aliphatic carbocycles. The predicted molar refractivity (Wildman–Crippen MR) is 87.7 cm³/mol. The molecule has 0 unspecified atom stereocenters. The molecule has 0 saturated carbocycles. The Morgan fingerprint density at radius 3 is 2.71 bits per heavy atom. The summed E-state index contributed by atoms with van der Waals surface area (Å²) in [4.78, 5) is 23.6. The van der Waals surface area contributed by atoms with Gasteiger partial charge in [0.15, 0.2) is 5.82 Å². The van der Waals surface area contributed by atoms with E-state index in [1.165, 1.54) is 6.07 Å². The van der Waals surface area contributed by atoms with E-state index in [-0.39, 0.29) is 12.2 Å². The Morgan fingerprint density at radius 1 is 1.17 bits per heavy atom. The molecule has 0 atom stereocenters. The number of nitrogens with zero attached hydrogens (tertiary/aromatic N) is 3. The number of ether oxygens (including phenoxy) is 1. The molecule has 0 spiro atoms. The van der Waals surface area contributed by atoms with E-state index in [0.29, 0.717) is 11.6 Å². The van der Waals surface area contributed by atoms with E-state index in [1.807, 2.05) is 13.0 Å². The van der Waals surface area contributed by atoms with Crippen LogP contribution in [-0.2, 0) is 6.61 Å². The van der Waals surface area contributed by atoms with E-state index < -0.39 is 5.97 Å². The lowest BCUT2D eigenvalue weighted by Gasteiger charge is -2.10. The van der Waals surface area contributed by atoms with E-state index in [4.69, 9.17) is 9.84 Å². The highest BCUT2D eigenvalue weighted by Gasteiger charge is 2.08. The SMILES string of the molecule is Cc1ccc(C(=O)O)cc1OCc1cncc(-c2ncccn2)c1. The van der Waals surface area contributed by atoms with Gasteiger partial charge in [-0.2, -0.15) is 0 Å². The monoisotopic (exact) mass is 321 g/mol. The first-order valence-corrected chi connectivity index (χ1v) is 7.31. The Balaban J connectivity index is 1.78. The molecule has 3 rings (SSSR count). The number of pyridine rings is 1. The second-order valence-corrected chi connectivity index (χ2v) is 5.23. The third kappa shape index (κ3) is 3.55. The molecule has 2 heterocycles. The lowest BCUT2D eigenvalue weighted by Crippen LogP contribution is -2.01. The minimum absolute atomic E-state index is 0.195. The Hall–Kier alpha value is -3.28. The van der Waals surface area contributed by atoms with E-state index in [1.54, 1.807) is 43.0 Å². The second-order valence-electron chi connectivity index (χ2n) is 5.23. The minimum Gasteiger partial charge on any atom is -0.489 e. The zero-order chi connectivity index (χ0) is 16.9.